The maximum Gasteiger partial charge on any atom is 0.234 e. The Balaban J connectivity index is 1.74. The van der Waals surface area contributed by atoms with Gasteiger partial charge in [0, 0.05) is 37.1 Å². The molecule has 1 aliphatic heterocycles. The maximum absolute atomic E-state index is 12.0. The lowest BCUT2D eigenvalue weighted by Gasteiger charge is -2.25. The average molecular weight is 324 g/mol. The fourth-order valence-corrected chi connectivity index (χ4v) is 2.67. The van der Waals surface area contributed by atoms with E-state index in [1.807, 2.05) is 36.1 Å². The Bertz CT molecular complexity index is 536. The smallest absolute Gasteiger partial charge is 0.234 e. The highest BCUT2D eigenvalue weighted by molar-refractivity contribution is 6.30. The first-order valence-electron chi connectivity index (χ1n) is 7.56. The zero-order chi connectivity index (χ0) is 15.9. The van der Waals surface area contributed by atoms with Crippen LogP contribution < -0.4 is 10.6 Å². The molecule has 2 rings (SSSR count). The van der Waals surface area contributed by atoms with Crippen LogP contribution in [0.25, 0.3) is 0 Å². The number of halogens is 1. The Labute approximate surface area is 136 Å². The van der Waals surface area contributed by atoms with Crippen LogP contribution in [0.2, 0.25) is 5.02 Å². The van der Waals surface area contributed by atoms with Gasteiger partial charge in [-0.25, -0.2) is 0 Å². The van der Waals surface area contributed by atoms with Gasteiger partial charge in [-0.3, -0.25) is 14.5 Å². The van der Waals surface area contributed by atoms with Crippen molar-refractivity contribution in [2.45, 2.75) is 25.8 Å². The first kappa shape index (κ1) is 16.8. The number of carbonyl (C=O) groups excluding carboxylic acids is 2. The molecular formula is C16H22ClN3O2. The second kappa shape index (κ2) is 8.15. The third-order valence-electron chi connectivity index (χ3n) is 3.82. The molecule has 22 heavy (non-hydrogen) atoms. The van der Waals surface area contributed by atoms with E-state index in [1.165, 1.54) is 0 Å². The molecule has 0 bridgehead atoms. The molecule has 0 saturated carbocycles. The molecule has 1 unspecified atom stereocenters. The van der Waals surface area contributed by atoms with Crippen LogP contribution in [0.15, 0.2) is 24.3 Å². The highest BCUT2D eigenvalue weighted by Gasteiger charge is 2.21. The van der Waals surface area contributed by atoms with E-state index in [2.05, 4.69) is 10.6 Å². The first-order valence-corrected chi connectivity index (χ1v) is 7.94. The average Bonchev–Trinajstić information content (AvgIpc) is 2.63. The molecule has 1 aromatic rings. The highest BCUT2D eigenvalue weighted by atomic mass is 35.5. The number of rotatable bonds is 5. The minimum atomic E-state index is -0.0109. The van der Waals surface area contributed by atoms with Gasteiger partial charge in [0.15, 0.2) is 0 Å². The van der Waals surface area contributed by atoms with E-state index in [0.717, 1.165) is 12.0 Å². The molecule has 0 spiro atoms. The molecule has 120 valence electrons. The van der Waals surface area contributed by atoms with Gasteiger partial charge in [-0.1, -0.05) is 23.7 Å². The molecule has 0 aromatic heterocycles. The molecule has 2 N–H and O–H groups in total. The van der Waals surface area contributed by atoms with Gasteiger partial charge in [0.2, 0.25) is 11.8 Å². The number of nitrogens with zero attached hydrogens (tertiary/aromatic N) is 1. The van der Waals surface area contributed by atoms with Crippen molar-refractivity contribution in [2.24, 2.45) is 0 Å². The Morgan fingerprint density at radius 1 is 1.50 bits per heavy atom. The summed E-state index contributed by atoms with van der Waals surface area (Å²) in [7, 11) is 0. The Morgan fingerprint density at radius 3 is 3.09 bits per heavy atom. The molecule has 2 amide bonds. The molecule has 1 fully saturated rings. The zero-order valence-corrected chi connectivity index (χ0v) is 13.5. The minimum absolute atomic E-state index is 0.0109. The number of hydrogen-bond donors (Lipinski definition) is 2. The van der Waals surface area contributed by atoms with Crippen molar-refractivity contribution in [3.05, 3.63) is 34.9 Å². The fraction of sp³-hybridized carbons (Fsp3) is 0.500. The normalized spacial score (nSPS) is 19.4. The molecule has 1 heterocycles. The van der Waals surface area contributed by atoms with Crippen LogP contribution in [0.1, 0.15) is 18.9 Å². The predicted octanol–water partition coefficient (Wildman–Crippen LogP) is 1.21. The van der Waals surface area contributed by atoms with Gasteiger partial charge in [0.1, 0.15) is 0 Å². The number of benzene rings is 1. The Hall–Kier alpha value is -1.59. The van der Waals surface area contributed by atoms with Crippen molar-refractivity contribution in [2.75, 3.05) is 26.2 Å². The third kappa shape index (κ3) is 5.31. The molecule has 6 heteroatoms. The van der Waals surface area contributed by atoms with Gasteiger partial charge in [-0.15, -0.1) is 0 Å². The van der Waals surface area contributed by atoms with Crippen molar-refractivity contribution in [1.29, 1.82) is 0 Å². The van der Waals surface area contributed by atoms with Crippen LogP contribution in [0.5, 0.6) is 0 Å². The van der Waals surface area contributed by atoms with Gasteiger partial charge in [-0.05, 0) is 31.0 Å². The SMILES string of the molecule is CC1CNC(=O)CCN1CC(=O)NCCc1cccc(Cl)c1. The van der Waals surface area contributed by atoms with Crippen molar-refractivity contribution in [3.8, 4) is 0 Å². The van der Waals surface area contributed by atoms with Crippen LogP contribution in [0.4, 0.5) is 0 Å². The van der Waals surface area contributed by atoms with Crippen molar-refractivity contribution in [3.63, 3.8) is 0 Å². The highest BCUT2D eigenvalue weighted by Crippen LogP contribution is 2.10. The number of hydrogen-bond acceptors (Lipinski definition) is 3. The lowest BCUT2D eigenvalue weighted by atomic mass is 10.1. The van der Waals surface area contributed by atoms with Crippen molar-refractivity contribution in [1.82, 2.24) is 15.5 Å². The molecule has 0 aliphatic carbocycles. The second-order valence-electron chi connectivity index (χ2n) is 5.60. The van der Waals surface area contributed by atoms with Crippen molar-refractivity contribution >= 4 is 23.4 Å². The monoisotopic (exact) mass is 323 g/mol. The van der Waals surface area contributed by atoms with Crippen LogP contribution in [-0.4, -0.2) is 48.9 Å². The van der Waals surface area contributed by atoms with E-state index in [-0.39, 0.29) is 17.9 Å². The van der Waals surface area contributed by atoms with Crippen LogP contribution in [-0.2, 0) is 16.0 Å². The standard InChI is InChI=1S/C16H22ClN3O2/c1-12-10-19-15(21)6-8-20(12)11-16(22)18-7-5-13-3-2-4-14(17)9-13/h2-4,9,12H,5-8,10-11H2,1H3,(H,18,22)(H,19,21). The van der Waals surface area contributed by atoms with Crippen LogP contribution in [0, 0.1) is 0 Å². The summed E-state index contributed by atoms with van der Waals surface area (Å²) in [6.45, 7) is 4.14. The van der Waals surface area contributed by atoms with Gasteiger partial charge < -0.3 is 10.6 Å². The van der Waals surface area contributed by atoms with Crippen LogP contribution in [0.3, 0.4) is 0 Å². The number of amides is 2. The quantitative estimate of drug-likeness (QED) is 0.856. The summed E-state index contributed by atoms with van der Waals surface area (Å²) in [6, 6.07) is 7.81. The van der Waals surface area contributed by atoms with Crippen molar-refractivity contribution < 1.29 is 9.59 Å². The van der Waals surface area contributed by atoms with E-state index >= 15 is 0 Å². The lowest BCUT2D eigenvalue weighted by molar-refractivity contribution is -0.123. The topological polar surface area (TPSA) is 61.4 Å². The predicted molar refractivity (Wildman–Crippen MR) is 86.8 cm³/mol. The molecular weight excluding hydrogens is 302 g/mol. The maximum atomic E-state index is 12.0. The zero-order valence-electron chi connectivity index (χ0n) is 12.8. The first-order chi connectivity index (χ1) is 10.5. The summed E-state index contributed by atoms with van der Waals surface area (Å²) in [5.74, 6) is 0.0407. The van der Waals surface area contributed by atoms with E-state index in [0.29, 0.717) is 37.6 Å². The van der Waals surface area contributed by atoms with E-state index in [4.69, 9.17) is 11.6 Å². The van der Waals surface area contributed by atoms with Gasteiger partial charge in [0.05, 0.1) is 6.54 Å². The summed E-state index contributed by atoms with van der Waals surface area (Å²) in [4.78, 5) is 25.4. The third-order valence-corrected chi connectivity index (χ3v) is 4.05. The summed E-state index contributed by atoms with van der Waals surface area (Å²) in [5, 5.41) is 6.47. The van der Waals surface area contributed by atoms with E-state index < -0.39 is 0 Å². The van der Waals surface area contributed by atoms with E-state index in [9.17, 15) is 9.59 Å². The summed E-state index contributed by atoms with van der Waals surface area (Å²) in [6.07, 6.45) is 1.20. The fourth-order valence-electron chi connectivity index (χ4n) is 2.46. The largest absolute Gasteiger partial charge is 0.355 e. The minimum Gasteiger partial charge on any atom is -0.355 e. The lowest BCUT2D eigenvalue weighted by Crippen LogP contribution is -2.44. The van der Waals surface area contributed by atoms with Gasteiger partial charge in [-0.2, -0.15) is 0 Å². The summed E-state index contributed by atoms with van der Waals surface area (Å²) < 4.78 is 0. The summed E-state index contributed by atoms with van der Waals surface area (Å²) >= 11 is 5.93. The van der Waals surface area contributed by atoms with E-state index in [1.54, 1.807) is 0 Å². The molecule has 1 saturated heterocycles. The Morgan fingerprint density at radius 2 is 2.32 bits per heavy atom. The molecule has 1 aromatic carbocycles. The Kier molecular flexibility index (Phi) is 6.21. The molecule has 0 radical (unpaired) electrons. The summed E-state index contributed by atoms with van der Waals surface area (Å²) in [5.41, 5.74) is 1.10. The number of nitrogens with one attached hydrogen (secondary N) is 2. The van der Waals surface area contributed by atoms with Crippen LogP contribution >= 0.6 is 11.6 Å². The van der Waals surface area contributed by atoms with Gasteiger partial charge in [0.25, 0.3) is 0 Å². The second-order valence-corrected chi connectivity index (χ2v) is 6.04. The molecule has 1 aliphatic rings. The molecule has 5 nitrogen and oxygen atoms in total. The molecule has 1 atom stereocenters. The number of carbonyl (C=O) groups is 2. The van der Waals surface area contributed by atoms with Gasteiger partial charge >= 0.3 is 0 Å².